The standard InChI is InChI=1S/C6H6N2/c7-3-5-1-2-6(5)4-8/h5-6H,1-2H2/t5-,6-/m1/s1. The summed E-state index contributed by atoms with van der Waals surface area (Å²) in [6.45, 7) is 0. The Morgan fingerprint density at radius 3 is 1.50 bits per heavy atom. The predicted octanol–water partition coefficient (Wildman–Crippen LogP) is 1.06. The number of nitrogens with zero attached hydrogens (tertiary/aromatic N) is 2. The van der Waals surface area contributed by atoms with E-state index in [4.69, 9.17) is 10.5 Å². The van der Waals surface area contributed by atoms with Crippen molar-refractivity contribution in [2.75, 3.05) is 0 Å². The SMILES string of the molecule is N#C[C@H]1CC[C@@H]1C#N. The van der Waals surface area contributed by atoms with Crippen LogP contribution in [0.5, 0.6) is 0 Å². The Labute approximate surface area is 48.3 Å². The van der Waals surface area contributed by atoms with Crippen LogP contribution in [0.15, 0.2) is 0 Å². The van der Waals surface area contributed by atoms with E-state index in [1.165, 1.54) is 0 Å². The smallest absolute Gasteiger partial charge is 0.0669 e. The molecule has 1 saturated carbocycles. The molecule has 40 valence electrons. The lowest BCUT2D eigenvalue weighted by Gasteiger charge is -2.24. The molecule has 1 fully saturated rings. The van der Waals surface area contributed by atoms with Crippen molar-refractivity contribution in [1.82, 2.24) is 0 Å². The van der Waals surface area contributed by atoms with Gasteiger partial charge in [-0.3, -0.25) is 0 Å². The second-order valence-electron chi connectivity index (χ2n) is 2.05. The van der Waals surface area contributed by atoms with E-state index in [1.807, 2.05) is 0 Å². The molecule has 0 aliphatic heterocycles. The van der Waals surface area contributed by atoms with E-state index in [9.17, 15) is 0 Å². The highest BCUT2D eigenvalue weighted by Crippen LogP contribution is 2.32. The van der Waals surface area contributed by atoms with Gasteiger partial charge in [0.05, 0.1) is 24.0 Å². The zero-order chi connectivity index (χ0) is 5.98. The first-order valence-electron chi connectivity index (χ1n) is 2.67. The molecule has 1 aliphatic carbocycles. The van der Waals surface area contributed by atoms with Gasteiger partial charge < -0.3 is 0 Å². The van der Waals surface area contributed by atoms with E-state index in [0.717, 1.165) is 12.8 Å². The molecular weight excluding hydrogens is 100 g/mol. The number of hydrogen-bond donors (Lipinski definition) is 0. The maximum absolute atomic E-state index is 8.29. The Kier molecular flexibility index (Phi) is 1.18. The molecule has 2 heteroatoms. The molecule has 0 N–H and O–H groups in total. The van der Waals surface area contributed by atoms with Gasteiger partial charge in [0.25, 0.3) is 0 Å². The van der Waals surface area contributed by atoms with Gasteiger partial charge in [-0.15, -0.1) is 0 Å². The van der Waals surface area contributed by atoms with Crippen LogP contribution < -0.4 is 0 Å². The summed E-state index contributed by atoms with van der Waals surface area (Å²) >= 11 is 0. The predicted molar refractivity (Wildman–Crippen MR) is 27.4 cm³/mol. The largest absolute Gasteiger partial charge is 0.198 e. The van der Waals surface area contributed by atoms with Crippen LogP contribution in [0.25, 0.3) is 0 Å². The molecule has 0 saturated heterocycles. The Hall–Kier alpha value is -1.02. The summed E-state index contributed by atoms with van der Waals surface area (Å²) in [4.78, 5) is 0. The maximum atomic E-state index is 8.29. The summed E-state index contributed by atoms with van der Waals surface area (Å²) in [5.41, 5.74) is 0. The summed E-state index contributed by atoms with van der Waals surface area (Å²) in [6, 6.07) is 4.16. The molecule has 2 atom stereocenters. The second kappa shape index (κ2) is 1.84. The van der Waals surface area contributed by atoms with E-state index in [-0.39, 0.29) is 11.8 Å². The fraction of sp³-hybridized carbons (Fsp3) is 0.667. The topological polar surface area (TPSA) is 47.6 Å². The molecule has 0 aromatic rings. The quantitative estimate of drug-likeness (QED) is 0.463. The summed E-state index contributed by atoms with van der Waals surface area (Å²) in [5.74, 6) is 0.0833. The van der Waals surface area contributed by atoms with Crippen molar-refractivity contribution in [3.05, 3.63) is 0 Å². The summed E-state index contributed by atoms with van der Waals surface area (Å²) in [6.07, 6.45) is 1.85. The van der Waals surface area contributed by atoms with Gasteiger partial charge >= 0.3 is 0 Å². The third kappa shape index (κ3) is 0.550. The summed E-state index contributed by atoms with van der Waals surface area (Å²) < 4.78 is 0. The van der Waals surface area contributed by atoms with Crippen molar-refractivity contribution < 1.29 is 0 Å². The van der Waals surface area contributed by atoms with Crippen LogP contribution in [0.4, 0.5) is 0 Å². The lowest BCUT2D eigenvalue weighted by Crippen LogP contribution is -2.22. The molecular formula is C6H6N2. The van der Waals surface area contributed by atoms with Gasteiger partial charge in [-0.2, -0.15) is 10.5 Å². The van der Waals surface area contributed by atoms with Gasteiger partial charge in [-0.05, 0) is 12.8 Å². The molecule has 0 bridgehead atoms. The maximum Gasteiger partial charge on any atom is 0.0669 e. The van der Waals surface area contributed by atoms with Crippen LogP contribution in [0.1, 0.15) is 12.8 Å². The first kappa shape index (κ1) is 5.12. The minimum atomic E-state index is 0.0417. The minimum absolute atomic E-state index is 0.0417. The van der Waals surface area contributed by atoms with Crippen LogP contribution in [0.2, 0.25) is 0 Å². The van der Waals surface area contributed by atoms with E-state index < -0.39 is 0 Å². The van der Waals surface area contributed by atoms with Crippen LogP contribution in [-0.4, -0.2) is 0 Å². The Morgan fingerprint density at radius 1 is 1.00 bits per heavy atom. The van der Waals surface area contributed by atoms with E-state index in [1.54, 1.807) is 0 Å². The first-order valence-corrected chi connectivity index (χ1v) is 2.67. The Morgan fingerprint density at radius 2 is 1.38 bits per heavy atom. The molecule has 0 amide bonds. The Balaban J connectivity index is 2.44. The van der Waals surface area contributed by atoms with Crippen molar-refractivity contribution in [3.8, 4) is 12.1 Å². The van der Waals surface area contributed by atoms with Gasteiger partial charge in [0.1, 0.15) is 0 Å². The highest BCUT2D eigenvalue weighted by Gasteiger charge is 2.30. The summed E-state index contributed by atoms with van der Waals surface area (Å²) in [7, 11) is 0. The van der Waals surface area contributed by atoms with Crippen LogP contribution in [-0.2, 0) is 0 Å². The lowest BCUT2D eigenvalue weighted by molar-refractivity contribution is 0.303. The fourth-order valence-corrected chi connectivity index (χ4v) is 0.809. The molecule has 1 aliphatic rings. The zero-order valence-corrected chi connectivity index (χ0v) is 4.46. The highest BCUT2D eigenvalue weighted by molar-refractivity contribution is 5.04. The van der Waals surface area contributed by atoms with Gasteiger partial charge in [-0.25, -0.2) is 0 Å². The van der Waals surface area contributed by atoms with E-state index in [2.05, 4.69) is 12.1 Å². The van der Waals surface area contributed by atoms with Crippen molar-refractivity contribution >= 4 is 0 Å². The van der Waals surface area contributed by atoms with E-state index >= 15 is 0 Å². The van der Waals surface area contributed by atoms with Gasteiger partial charge in [0, 0.05) is 0 Å². The van der Waals surface area contributed by atoms with Gasteiger partial charge in [0.15, 0.2) is 0 Å². The first-order chi connectivity index (χ1) is 3.88. The third-order valence-corrected chi connectivity index (χ3v) is 1.61. The molecule has 0 aromatic heterocycles. The van der Waals surface area contributed by atoms with Crippen LogP contribution >= 0.6 is 0 Å². The van der Waals surface area contributed by atoms with Crippen LogP contribution in [0, 0.1) is 34.5 Å². The second-order valence-corrected chi connectivity index (χ2v) is 2.05. The molecule has 0 radical (unpaired) electrons. The molecule has 2 nitrogen and oxygen atoms in total. The van der Waals surface area contributed by atoms with Crippen molar-refractivity contribution in [2.45, 2.75) is 12.8 Å². The van der Waals surface area contributed by atoms with E-state index in [0.29, 0.717) is 0 Å². The van der Waals surface area contributed by atoms with Gasteiger partial charge in [-0.1, -0.05) is 0 Å². The molecule has 0 spiro atoms. The molecule has 0 heterocycles. The average Bonchev–Trinajstić information content (AvgIpc) is 1.66. The fourth-order valence-electron chi connectivity index (χ4n) is 0.809. The number of hydrogen-bond acceptors (Lipinski definition) is 2. The normalized spacial score (nSPS) is 34.2. The molecule has 1 rings (SSSR count). The minimum Gasteiger partial charge on any atom is -0.198 e. The highest BCUT2D eigenvalue weighted by atomic mass is 14.4. The lowest BCUT2D eigenvalue weighted by atomic mass is 9.76. The number of nitriles is 2. The average molecular weight is 106 g/mol. The third-order valence-electron chi connectivity index (χ3n) is 1.61. The molecule has 0 aromatic carbocycles. The monoisotopic (exact) mass is 106 g/mol. The van der Waals surface area contributed by atoms with Crippen molar-refractivity contribution in [1.29, 1.82) is 10.5 Å². The Bertz CT molecular complexity index is 140. The summed E-state index contributed by atoms with van der Waals surface area (Å²) in [5, 5.41) is 16.6. The van der Waals surface area contributed by atoms with Crippen LogP contribution in [0.3, 0.4) is 0 Å². The van der Waals surface area contributed by atoms with Gasteiger partial charge in [0.2, 0.25) is 0 Å². The molecule has 0 unspecified atom stereocenters. The zero-order valence-electron chi connectivity index (χ0n) is 4.46. The van der Waals surface area contributed by atoms with Crippen molar-refractivity contribution in [3.63, 3.8) is 0 Å². The number of rotatable bonds is 0. The molecule has 8 heavy (non-hydrogen) atoms. The van der Waals surface area contributed by atoms with Crippen molar-refractivity contribution in [2.24, 2.45) is 11.8 Å².